The molecular weight excluding hydrogens is 533 g/mol. The molecule has 0 aliphatic carbocycles. The van der Waals surface area contributed by atoms with Crippen LogP contribution in [0.2, 0.25) is 10.0 Å². The molecule has 0 radical (unpaired) electrons. The van der Waals surface area contributed by atoms with Crippen molar-refractivity contribution in [2.24, 2.45) is 5.92 Å². The first-order valence-corrected chi connectivity index (χ1v) is 12.7. The number of rotatable bonds is 12. The van der Waals surface area contributed by atoms with Crippen molar-refractivity contribution in [2.75, 3.05) is 58.3 Å². The molecule has 38 heavy (non-hydrogen) atoms. The van der Waals surface area contributed by atoms with Gasteiger partial charge in [0, 0.05) is 37.4 Å². The van der Waals surface area contributed by atoms with Gasteiger partial charge < -0.3 is 29.6 Å². The molecule has 1 aliphatic rings. The second-order valence-electron chi connectivity index (χ2n) is 8.61. The number of hydrogen-bond donors (Lipinski definition) is 2. The molecule has 2 aromatic heterocycles. The third-order valence-corrected chi connectivity index (χ3v) is 6.95. The molecule has 12 heteroatoms. The van der Waals surface area contributed by atoms with Crippen LogP contribution >= 0.6 is 23.2 Å². The monoisotopic (exact) mass is 561 g/mol. The van der Waals surface area contributed by atoms with Gasteiger partial charge in [0.25, 0.3) is 0 Å². The number of nitrogens with one attached hydrogen (secondary N) is 2. The molecule has 1 saturated heterocycles. The van der Waals surface area contributed by atoms with Crippen LogP contribution in [0.3, 0.4) is 0 Å². The number of nitrogens with zero attached hydrogens (tertiary/aromatic N) is 3. The number of allylic oxidation sites excluding steroid dienone is 1. The first-order valence-electron chi connectivity index (χ1n) is 11.9. The van der Waals surface area contributed by atoms with Crippen molar-refractivity contribution >= 4 is 51.5 Å². The maximum atomic E-state index is 11.9. The summed E-state index contributed by atoms with van der Waals surface area (Å²) in [7, 11) is 4.63. The zero-order valence-corrected chi connectivity index (χ0v) is 22.9. The summed E-state index contributed by atoms with van der Waals surface area (Å²) in [5, 5.41) is 7.93. The Morgan fingerprint density at radius 2 is 1.89 bits per heavy atom. The quantitative estimate of drug-likeness (QED) is 0.239. The summed E-state index contributed by atoms with van der Waals surface area (Å²) in [6.45, 7) is 5.49. The molecule has 10 nitrogen and oxygen atoms in total. The summed E-state index contributed by atoms with van der Waals surface area (Å²) in [4.78, 5) is 25.9. The maximum absolute atomic E-state index is 11.9. The SMILES string of the molecule is C=CC(=O)C[C@H]1COC[C@H]1Nc1cc2c(NCCOC)nc(-c3c(Cl)c(OC)cc(OC)c3Cl)nc2cn1. The number of methoxy groups -OCH3 is 3. The third kappa shape index (κ3) is 5.94. The number of pyridine rings is 1. The lowest BCUT2D eigenvalue weighted by Gasteiger charge is -2.19. The summed E-state index contributed by atoms with van der Waals surface area (Å²) >= 11 is 13.3. The number of anilines is 2. The van der Waals surface area contributed by atoms with E-state index in [1.165, 1.54) is 20.3 Å². The van der Waals surface area contributed by atoms with E-state index >= 15 is 0 Å². The number of carbonyl (C=O) groups excluding carboxylic acids is 1. The predicted molar refractivity (Wildman–Crippen MR) is 148 cm³/mol. The Labute approximate surface area is 230 Å². The average molecular weight is 562 g/mol. The van der Waals surface area contributed by atoms with E-state index in [4.69, 9.17) is 52.1 Å². The van der Waals surface area contributed by atoms with Gasteiger partial charge in [-0.05, 0) is 12.1 Å². The second-order valence-corrected chi connectivity index (χ2v) is 9.36. The zero-order valence-electron chi connectivity index (χ0n) is 21.3. The number of ketones is 1. The normalized spacial score (nSPS) is 16.9. The highest BCUT2D eigenvalue weighted by Gasteiger charge is 2.30. The molecule has 202 valence electrons. The average Bonchev–Trinajstić information content (AvgIpc) is 3.35. The molecule has 0 bridgehead atoms. The fraction of sp³-hybridized carbons (Fsp3) is 0.385. The Balaban J connectivity index is 1.76. The molecule has 4 rings (SSSR count). The molecule has 2 N–H and O–H groups in total. The van der Waals surface area contributed by atoms with Crippen LogP contribution < -0.4 is 20.1 Å². The van der Waals surface area contributed by atoms with Crippen molar-refractivity contribution in [3.8, 4) is 22.9 Å². The molecular formula is C26H29Cl2N5O5. The number of halogens is 2. The highest BCUT2D eigenvalue weighted by atomic mass is 35.5. The van der Waals surface area contributed by atoms with Crippen LogP contribution in [0.25, 0.3) is 22.3 Å². The smallest absolute Gasteiger partial charge is 0.165 e. The van der Waals surface area contributed by atoms with Crippen LogP contribution in [0.15, 0.2) is 31.0 Å². The standard InChI is InChI=1S/C26H29Cl2N5O5/c1-5-15(34)8-14-12-38-13-18(14)31-21-9-16-17(11-30-21)32-26(33-25(16)29-6-7-35-2)22-23(27)19(36-3)10-20(37-4)24(22)28/h5,9-11,14,18H,1,6-8,12-13H2,2-4H3,(H,30,31)(H,29,32,33)/t14-,18+/m0/s1. The van der Waals surface area contributed by atoms with Crippen LogP contribution in [0.5, 0.6) is 11.5 Å². The van der Waals surface area contributed by atoms with Crippen molar-refractivity contribution in [3.05, 3.63) is 41.0 Å². The van der Waals surface area contributed by atoms with Crippen molar-refractivity contribution in [2.45, 2.75) is 12.5 Å². The van der Waals surface area contributed by atoms with Gasteiger partial charge in [-0.15, -0.1) is 0 Å². The number of fused-ring (bicyclic) bond motifs is 1. The number of ether oxygens (including phenoxy) is 4. The highest BCUT2D eigenvalue weighted by Crippen LogP contribution is 2.45. The Morgan fingerprint density at radius 3 is 2.55 bits per heavy atom. The summed E-state index contributed by atoms with van der Waals surface area (Å²) in [5.41, 5.74) is 0.941. The van der Waals surface area contributed by atoms with Gasteiger partial charge in [-0.2, -0.15) is 0 Å². The molecule has 0 unspecified atom stereocenters. The predicted octanol–water partition coefficient (Wildman–Crippen LogP) is 4.65. The van der Waals surface area contributed by atoms with Gasteiger partial charge >= 0.3 is 0 Å². The van der Waals surface area contributed by atoms with E-state index in [0.717, 1.165) is 5.39 Å². The first-order chi connectivity index (χ1) is 18.4. The van der Waals surface area contributed by atoms with E-state index in [1.54, 1.807) is 19.4 Å². The van der Waals surface area contributed by atoms with Gasteiger partial charge in [0.2, 0.25) is 0 Å². The van der Waals surface area contributed by atoms with Crippen LogP contribution in [-0.2, 0) is 14.3 Å². The van der Waals surface area contributed by atoms with Crippen molar-refractivity contribution in [1.82, 2.24) is 15.0 Å². The van der Waals surface area contributed by atoms with E-state index in [-0.39, 0.29) is 33.6 Å². The molecule has 0 saturated carbocycles. The van der Waals surface area contributed by atoms with Crippen molar-refractivity contribution < 1.29 is 23.7 Å². The van der Waals surface area contributed by atoms with E-state index in [0.29, 0.717) is 67.0 Å². The summed E-state index contributed by atoms with van der Waals surface area (Å²) in [5.74, 6) is 2.18. The van der Waals surface area contributed by atoms with Gasteiger partial charge in [-0.25, -0.2) is 15.0 Å². The molecule has 3 aromatic rings. The maximum Gasteiger partial charge on any atom is 0.165 e. The Morgan fingerprint density at radius 1 is 1.16 bits per heavy atom. The molecule has 1 aliphatic heterocycles. The molecule has 3 heterocycles. The van der Waals surface area contributed by atoms with E-state index in [1.807, 2.05) is 6.07 Å². The van der Waals surface area contributed by atoms with Gasteiger partial charge in [0.05, 0.1) is 67.4 Å². The second kappa shape index (κ2) is 12.6. The topological polar surface area (TPSA) is 117 Å². The van der Waals surface area contributed by atoms with Gasteiger partial charge in [0.1, 0.15) is 23.1 Å². The van der Waals surface area contributed by atoms with Gasteiger partial charge in [-0.3, -0.25) is 4.79 Å². The third-order valence-electron chi connectivity index (χ3n) is 6.20. The van der Waals surface area contributed by atoms with Crippen molar-refractivity contribution in [3.63, 3.8) is 0 Å². The molecule has 0 spiro atoms. The summed E-state index contributed by atoms with van der Waals surface area (Å²) < 4.78 is 21.6. The van der Waals surface area contributed by atoms with Gasteiger partial charge in [0.15, 0.2) is 11.6 Å². The van der Waals surface area contributed by atoms with Crippen molar-refractivity contribution in [1.29, 1.82) is 0 Å². The van der Waals surface area contributed by atoms with Gasteiger partial charge in [-0.1, -0.05) is 29.8 Å². The van der Waals surface area contributed by atoms with E-state index in [9.17, 15) is 4.79 Å². The Hall–Kier alpha value is -3.18. The fourth-order valence-corrected chi connectivity index (χ4v) is 4.87. The van der Waals surface area contributed by atoms with Crippen LogP contribution in [0, 0.1) is 5.92 Å². The Bertz CT molecular complexity index is 1310. The largest absolute Gasteiger partial charge is 0.495 e. The minimum absolute atomic E-state index is 0.0169. The minimum Gasteiger partial charge on any atom is -0.495 e. The van der Waals surface area contributed by atoms with Crippen LogP contribution in [0.1, 0.15) is 6.42 Å². The lowest BCUT2D eigenvalue weighted by Crippen LogP contribution is -2.29. The number of benzene rings is 1. The van der Waals surface area contributed by atoms with E-state index in [2.05, 4.69) is 22.2 Å². The highest BCUT2D eigenvalue weighted by molar-refractivity contribution is 6.41. The lowest BCUT2D eigenvalue weighted by atomic mass is 9.97. The van der Waals surface area contributed by atoms with Crippen LogP contribution in [0.4, 0.5) is 11.6 Å². The fourth-order valence-electron chi connectivity index (χ4n) is 4.20. The van der Waals surface area contributed by atoms with E-state index < -0.39 is 0 Å². The summed E-state index contributed by atoms with van der Waals surface area (Å²) in [6.07, 6.45) is 3.34. The zero-order chi connectivity index (χ0) is 27.2. The number of hydrogen-bond acceptors (Lipinski definition) is 10. The lowest BCUT2D eigenvalue weighted by molar-refractivity contribution is -0.115. The molecule has 1 fully saturated rings. The first kappa shape index (κ1) is 27.8. The number of aromatic nitrogens is 3. The summed E-state index contributed by atoms with van der Waals surface area (Å²) in [6, 6.07) is 3.39. The number of carbonyl (C=O) groups is 1. The molecule has 2 atom stereocenters. The Kier molecular flexibility index (Phi) is 9.22. The molecule has 1 aromatic carbocycles. The minimum atomic E-state index is -0.0733. The van der Waals surface area contributed by atoms with Crippen LogP contribution in [-0.4, -0.2) is 74.5 Å². The molecule has 0 amide bonds.